The minimum atomic E-state index is -3.40. The molecule has 0 aliphatic rings. The van der Waals surface area contributed by atoms with Crippen LogP contribution in [0.4, 0.5) is 5.69 Å². The van der Waals surface area contributed by atoms with Crippen LogP contribution >= 0.6 is 0 Å². The Balaban J connectivity index is 2.06. The lowest BCUT2D eigenvalue weighted by Crippen LogP contribution is -2.15. The summed E-state index contributed by atoms with van der Waals surface area (Å²) in [7, 11) is -3.40. The molecule has 0 aliphatic heterocycles. The van der Waals surface area contributed by atoms with Crippen molar-refractivity contribution in [2.24, 2.45) is 0 Å². The van der Waals surface area contributed by atoms with E-state index in [4.69, 9.17) is 0 Å². The van der Waals surface area contributed by atoms with Crippen molar-refractivity contribution in [1.29, 1.82) is 0 Å². The van der Waals surface area contributed by atoms with E-state index in [1.165, 1.54) is 0 Å². The van der Waals surface area contributed by atoms with Crippen LogP contribution in [0.15, 0.2) is 54.6 Å². The van der Waals surface area contributed by atoms with E-state index in [9.17, 15) is 8.42 Å². The first-order chi connectivity index (χ1) is 10.1. The third kappa shape index (κ3) is 5.21. The fourth-order valence-electron chi connectivity index (χ4n) is 2.04. The molecule has 112 valence electrons. The van der Waals surface area contributed by atoms with Crippen LogP contribution in [-0.4, -0.2) is 15.0 Å². The van der Waals surface area contributed by atoms with E-state index in [1.54, 1.807) is 24.3 Å². The molecule has 2 aromatic rings. The lowest BCUT2D eigenvalue weighted by atomic mass is 10.1. The number of sulfonamides is 1. The van der Waals surface area contributed by atoms with E-state index in [-0.39, 0.29) is 5.75 Å². The number of rotatable bonds is 7. The van der Waals surface area contributed by atoms with Gasteiger partial charge in [-0.05, 0) is 29.8 Å². The molecule has 0 saturated carbocycles. The lowest BCUT2D eigenvalue weighted by Gasteiger charge is -2.09. The molecule has 5 heteroatoms. The number of anilines is 1. The fourth-order valence-corrected chi connectivity index (χ4v) is 3.23. The maximum absolute atomic E-state index is 12.2. The predicted octanol–water partition coefficient (Wildman–Crippen LogP) is 2.74. The van der Waals surface area contributed by atoms with Gasteiger partial charge in [-0.1, -0.05) is 49.4 Å². The average Bonchev–Trinajstić information content (AvgIpc) is 2.45. The molecule has 0 aromatic heterocycles. The summed E-state index contributed by atoms with van der Waals surface area (Å²) in [6.45, 7) is 3.67. The minimum Gasteiger partial charge on any atom is -0.313 e. The van der Waals surface area contributed by atoms with Gasteiger partial charge in [0.15, 0.2) is 0 Å². The zero-order chi connectivity index (χ0) is 15.1. The maximum Gasteiger partial charge on any atom is 0.236 e. The van der Waals surface area contributed by atoms with Crippen LogP contribution < -0.4 is 10.0 Å². The molecule has 0 unspecified atom stereocenters. The van der Waals surface area contributed by atoms with Gasteiger partial charge in [0, 0.05) is 12.2 Å². The number of hydrogen-bond acceptors (Lipinski definition) is 3. The number of nitrogens with one attached hydrogen (secondary N) is 2. The van der Waals surface area contributed by atoms with Gasteiger partial charge in [-0.25, -0.2) is 8.42 Å². The fraction of sp³-hybridized carbons (Fsp3) is 0.250. The van der Waals surface area contributed by atoms with E-state index in [0.29, 0.717) is 5.69 Å². The third-order valence-electron chi connectivity index (χ3n) is 2.97. The summed E-state index contributed by atoms with van der Waals surface area (Å²) in [4.78, 5) is 0. The summed E-state index contributed by atoms with van der Waals surface area (Å²) in [5.41, 5.74) is 2.46. The molecule has 0 heterocycles. The van der Waals surface area contributed by atoms with Gasteiger partial charge < -0.3 is 5.32 Å². The zero-order valence-electron chi connectivity index (χ0n) is 12.0. The van der Waals surface area contributed by atoms with E-state index < -0.39 is 10.0 Å². The normalized spacial score (nSPS) is 11.3. The van der Waals surface area contributed by atoms with E-state index in [2.05, 4.69) is 10.0 Å². The van der Waals surface area contributed by atoms with Crippen molar-refractivity contribution < 1.29 is 8.42 Å². The smallest absolute Gasteiger partial charge is 0.236 e. The van der Waals surface area contributed by atoms with Crippen LogP contribution in [-0.2, 0) is 22.3 Å². The second-order valence-electron chi connectivity index (χ2n) is 4.83. The van der Waals surface area contributed by atoms with E-state index in [1.807, 2.05) is 37.3 Å². The van der Waals surface area contributed by atoms with Crippen LogP contribution in [0.5, 0.6) is 0 Å². The van der Waals surface area contributed by atoms with Gasteiger partial charge in [-0.15, -0.1) is 0 Å². The number of para-hydroxylation sites is 1. The van der Waals surface area contributed by atoms with Crippen LogP contribution in [0, 0.1) is 0 Å². The Morgan fingerprint density at radius 1 is 0.952 bits per heavy atom. The van der Waals surface area contributed by atoms with Crippen molar-refractivity contribution in [3.8, 4) is 0 Å². The number of benzene rings is 2. The summed E-state index contributed by atoms with van der Waals surface area (Å²) < 4.78 is 26.9. The molecule has 0 aliphatic carbocycles. The topological polar surface area (TPSA) is 58.2 Å². The Bertz CT molecular complexity index is 670. The first-order valence-electron chi connectivity index (χ1n) is 6.93. The van der Waals surface area contributed by atoms with Gasteiger partial charge in [0.05, 0.1) is 5.75 Å². The van der Waals surface area contributed by atoms with Gasteiger partial charge in [0.1, 0.15) is 0 Å². The van der Waals surface area contributed by atoms with Crippen LogP contribution in [0.3, 0.4) is 0 Å². The standard InChI is InChI=1S/C16H20N2O2S/c1-2-17-12-14-7-6-8-15(11-14)13-21(19,20)18-16-9-4-3-5-10-16/h3-11,17-18H,2,12-13H2,1H3. The van der Waals surface area contributed by atoms with E-state index >= 15 is 0 Å². The highest BCUT2D eigenvalue weighted by molar-refractivity contribution is 7.91. The summed E-state index contributed by atoms with van der Waals surface area (Å²) in [5, 5.41) is 3.23. The molecule has 2 aromatic carbocycles. The Labute approximate surface area is 126 Å². The quantitative estimate of drug-likeness (QED) is 0.827. The van der Waals surface area contributed by atoms with Gasteiger partial charge in [-0.3, -0.25) is 4.72 Å². The second-order valence-corrected chi connectivity index (χ2v) is 6.55. The Hall–Kier alpha value is -1.85. The van der Waals surface area contributed by atoms with Crippen LogP contribution in [0.1, 0.15) is 18.1 Å². The van der Waals surface area contributed by atoms with E-state index in [0.717, 1.165) is 24.2 Å². The molecule has 0 atom stereocenters. The summed E-state index contributed by atoms with van der Waals surface area (Å²) >= 11 is 0. The summed E-state index contributed by atoms with van der Waals surface area (Å²) in [6, 6.07) is 16.6. The first kappa shape index (κ1) is 15.5. The maximum atomic E-state index is 12.2. The van der Waals surface area contributed by atoms with Crippen LogP contribution in [0.25, 0.3) is 0 Å². The Morgan fingerprint density at radius 3 is 2.38 bits per heavy atom. The molecule has 2 rings (SSSR count). The zero-order valence-corrected chi connectivity index (χ0v) is 12.9. The molecule has 0 fully saturated rings. The molecular formula is C16H20N2O2S. The minimum absolute atomic E-state index is 0.0259. The van der Waals surface area contributed by atoms with Crippen molar-refractivity contribution in [1.82, 2.24) is 5.32 Å². The average molecular weight is 304 g/mol. The van der Waals surface area contributed by atoms with Gasteiger partial charge in [0.25, 0.3) is 0 Å². The van der Waals surface area contributed by atoms with Crippen molar-refractivity contribution >= 4 is 15.7 Å². The molecule has 21 heavy (non-hydrogen) atoms. The second kappa shape index (κ2) is 7.24. The molecule has 4 nitrogen and oxygen atoms in total. The highest BCUT2D eigenvalue weighted by atomic mass is 32.2. The number of hydrogen-bond donors (Lipinski definition) is 2. The highest BCUT2D eigenvalue weighted by Gasteiger charge is 2.11. The van der Waals surface area contributed by atoms with Crippen molar-refractivity contribution in [2.75, 3.05) is 11.3 Å². The lowest BCUT2D eigenvalue weighted by molar-refractivity contribution is 0.600. The van der Waals surface area contributed by atoms with Gasteiger partial charge in [-0.2, -0.15) is 0 Å². The molecule has 0 bridgehead atoms. The van der Waals surface area contributed by atoms with Crippen molar-refractivity contribution in [3.05, 3.63) is 65.7 Å². The van der Waals surface area contributed by atoms with Crippen molar-refractivity contribution in [2.45, 2.75) is 19.2 Å². The largest absolute Gasteiger partial charge is 0.313 e. The predicted molar refractivity (Wildman–Crippen MR) is 86.5 cm³/mol. The Kier molecular flexibility index (Phi) is 5.36. The molecule has 0 saturated heterocycles. The van der Waals surface area contributed by atoms with Gasteiger partial charge >= 0.3 is 0 Å². The molecule has 0 amide bonds. The van der Waals surface area contributed by atoms with Crippen LogP contribution in [0.2, 0.25) is 0 Å². The molecule has 2 N–H and O–H groups in total. The summed E-state index contributed by atoms with van der Waals surface area (Å²) in [5.74, 6) is -0.0259. The third-order valence-corrected chi connectivity index (χ3v) is 4.23. The summed E-state index contributed by atoms with van der Waals surface area (Å²) in [6.07, 6.45) is 0. The first-order valence-corrected chi connectivity index (χ1v) is 8.58. The SMILES string of the molecule is CCNCc1cccc(CS(=O)(=O)Nc2ccccc2)c1. The highest BCUT2D eigenvalue weighted by Crippen LogP contribution is 2.13. The molecular weight excluding hydrogens is 284 g/mol. The van der Waals surface area contributed by atoms with Gasteiger partial charge in [0.2, 0.25) is 10.0 Å². The Morgan fingerprint density at radius 2 is 1.67 bits per heavy atom. The molecule has 0 spiro atoms. The monoisotopic (exact) mass is 304 g/mol. The molecule has 0 radical (unpaired) electrons. The van der Waals surface area contributed by atoms with Crippen molar-refractivity contribution in [3.63, 3.8) is 0 Å².